The van der Waals surface area contributed by atoms with Crippen LogP contribution in [0.4, 0.5) is 0 Å². The van der Waals surface area contributed by atoms with E-state index in [1.54, 1.807) is 11.3 Å². The molecule has 28 heavy (non-hydrogen) atoms. The minimum absolute atomic E-state index is 0.102. The average Bonchev–Trinajstić information content (AvgIpc) is 3.37. The highest BCUT2D eigenvalue weighted by atomic mass is 79.9. The number of nitrogens with zero attached hydrogens (tertiary/aromatic N) is 4. The quantitative estimate of drug-likeness (QED) is 0.573. The van der Waals surface area contributed by atoms with Crippen LogP contribution in [0.15, 0.2) is 44.7 Å². The molecule has 0 radical (unpaired) electrons. The first-order valence-corrected chi connectivity index (χ1v) is 11.0. The maximum atomic E-state index is 12.7. The summed E-state index contributed by atoms with van der Waals surface area (Å²) in [6.45, 7) is 5.71. The van der Waals surface area contributed by atoms with Crippen molar-refractivity contribution in [1.82, 2.24) is 19.9 Å². The van der Waals surface area contributed by atoms with Crippen LogP contribution < -0.4 is 0 Å². The van der Waals surface area contributed by atoms with Gasteiger partial charge in [-0.2, -0.15) is 4.98 Å². The number of aryl methyl sites for hydroxylation is 1. The van der Waals surface area contributed by atoms with E-state index in [2.05, 4.69) is 37.9 Å². The number of piperazine rings is 1. The molecule has 1 aliphatic rings. The molecule has 6 nitrogen and oxygen atoms in total. The van der Waals surface area contributed by atoms with Crippen molar-refractivity contribution in [3.63, 3.8) is 0 Å². The van der Waals surface area contributed by atoms with Crippen molar-refractivity contribution in [3.8, 4) is 10.7 Å². The molecule has 0 atom stereocenters. The van der Waals surface area contributed by atoms with E-state index in [1.807, 2.05) is 40.6 Å². The zero-order valence-corrected chi connectivity index (χ0v) is 18.0. The third-order valence-electron chi connectivity index (χ3n) is 4.88. The first-order valence-electron chi connectivity index (χ1n) is 9.30. The average molecular weight is 461 g/mol. The fourth-order valence-electron chi connectivity index (χ4n) is 3.22. The molecule has 3 heterocycles. The van der Waals surface area contributed by atoms with E-state index in [9.17, 15) is 4.79 Å². The minimum atomic E-state index is 0.102. The van der Waals surface area contributed by atoms with Crippen molar-refractivity contribution in [3.05, 3.63) is 57.2 Å². The second kappa shape index (κ2) is 8.55. The van der Waals surface area contributed by atoms with Crippen LogP contribution in [0.25, 0.3) is 10.7 Å². The molecule has 1 saturated heterocycles. The lowest BCUT2D eigenvalue weighted by atomic mass is 10.1. The highest BCUT2D eigenvalue weighted by Crippen LogP contribution is 2.27. The topological polar surface area (TPSA) is 62.5 Å². The van der Waals surface area contributed by atoms with Crippen molar-refractivity contribution in [1.29, 1.82) is 0 Å². The molecule has 3 aromatic rings. The van der Waals surface area contributed by atoms with Gasteiger partial charge in [-0.3, -0.25) is 9.69 Å². The van der Waals surface area contributed by atoms with Crippen LogP contribution in [-0.4, -0.2) is 52.0 Å². The third-order valence-corrected chi connectivity index (χ3v) is 6.57. The number of thiophene rings is 1. The summed E-state index contributed by atoms with van der Waals surface area (Å²) < 4.78 is 6.42. The summed E-state index contributed by atoms with van der Waals surface area (Å²) in [4.78, 5) is 22.3. The Kier molecular flexibility index (Phi) is 5.89. The van der Waals surface area contributed by atoms with Gasteiger partial charge in [0.2, 0.25) is 11.7 Å². The zero-order valence-electron chi connectivity index (χ0n) is 15.6. The van der Waals surface area contributed by atoms with Gasteiger partial charge in [0, 0.05) is 41.6 Å². The van der Waals surface area contributed by atoms with Gasteiger partial charge >= 0.3 is 0 Å². The van der Waals surface area contributed by atoms with Crippen LogP contribution in [0.5, 0.6) is 0 Å². The molecule has 2 aromatic heterocycles. The maximum absolute atomic E-state index is 12.7. The molecule has 146 valence electrons. The number of hydrogen-bond acceptors (Lipinski definition) is 6. The van der Waals surface area contributed by atoms with E-state index < -0.39 is 0 Å². The molecule has 0 unspecified atom stereocenters. The normalized spacial score (nSPS) is 15.1. The predicted molar refractivity (Wildman–Crippen MR) is 112 cm³/mol. The van der Waals surface area contributed by atoms with Crippen molar-refractivity contribution in [2.24, 2.45) is 0 Å². The van der Waals surface area contributed by atoms with Crippen molar-refractivity contribution in [2.45, 2.75) is 19.9 Å². The summed E-state index contributed by atoms with van der Waals surface area (Å²) >= 11 is 5.02. The standard InChI is InChI=1S/C20H21BrN4O2S/c1-2-14-3-5-15(6-4-14)20(26)25-9-7-24(8-10-25)12-18-22-19(23-27-18)17-11-16(21)13-28-17/h3-6,11,13H,2,7-10,12H2,1H3. The molecule has 1 aromatic carbocycles. The van der Waals surface area contributed by atoms with Crippen LogP contribution in [0.1, 0.15) is 28.7 Å². The zero-order chi connectivity index (χ0) is 19.5. The molecule has 1 aliphatic heterocycles. The van der Waals surface area contributed by atoms with Crippen LogP contribution in [0.3, 0.4) is 0 Å². The number of hydrogen-bond donors (Lipinski definition) is 0. The molecule has 0 saturated carbocycles. The number of aromatic nitrogens is 2. The Morgan fingerprint density at radius 2 is 1.96 bits per heavy atom. The fourth-order valence-corrected chi connectivity index (χ4v) is 4.57. The first kappa shape index (κ1) is 19.3. The summed E-state index contributed by atoms with van der Waals surface area (Å²) in [6, 6.07) is 9.90. The van der Waals surface area contributed by atoms with Crippen LogP contribution in [-0.2, 0) is 13.0 Å². The lowest BCUT2D eigenvalue weighted by Crippen LogP contribution is -2.48. The van der Waals surface area contributed by atoms with Crippen molar-refractivity contribution >= 4 is 33.2 Å². The van der Waals surface area contributed by atoms with Gasteiger partial charge in [-0.1, -0.05) is 24.2 Å². The monoisotopic (exact) mass is 460 g/mol. The number of carbonyl (C=O) groups excluding carboxylic acids is 1. The number of rotatable bonds is 5. The molecule has 1 fully saturated rings. The van der Waals surface area contributed by atoms with E-state index in [1.165, 1.54) is 5.56 Å². The Morgan fingerprint density at radius 3 is 2.61 bits per heavy atom. The number of benzene rings is 1. The molecule has 0 N–H and O–H groups in total. The molecule has 1 amide bonds. The summed E-state index contributed by atoms with van der Waals surface area (Å²) in [5, 5.41) is 6.07. The second-order valence-electron chi connectivity index (χ2n) is 6.76. The minimum Gasteiger partial charge on any atom is -0.338 e. The highest BCUT2D eigenvalue weighted by molar-refractivity contribution is 9.10. The van der Waals surface area contributed by atoms with Crippen LogP contribution in [0.2, 0.25) is 0 Å². The van der Waals surface area contributed by atoms with Crippen LogP contribution >= 0.6 is 27.3 Å². The van der Waals surface area contributed by atoms with Gasteiger partial charge in [0.25, 0.3) is 5.91 Å². The Bertz CT molecular complexity index is 945. The molecule has 4 rings (SSSR count). The van der Waals surface area contributed by atoms with Gasteiger partial charge in [-0.05, 0) is 46.1 Å². The number of halogens is 1. The van der Waals surface area contributed by atoms with Gasteiger partial charge < -0.3 is 9.42 Å². The van der Waals surface area contributed by atoms with E-state index in [0.29, 0.717) is 31.3 Å². The van der Waals surface area contributed by atoms with Crippen LogP contribution in [0, 0.1) is 0 Å². The number of carbonyl (C=O) groups is 1. The fraction of sp³-hybridized carbons (Fsp3) is 0.350. The van der Waals surface area contributed by atoms with E-state index in [-0.39, 0.29) is 5.91 Å². The molecular weight excluding hydrogens is 440 g/mol. The van der Waals surface area contributed by atoms with Gasteiger partial charge in [0.1, 0.15) is 0 Å². The Labute approximate surface area is 176 Å². The first-order chi connectivity index (χ1) is 13.6. The molecule has 8 heteroatoms. The number of amides is 1. The van der Waals surface area contributed by atoms with Gasteiger partial charge in [0.15, 0.2) is 0 Å². The molecule has 0 aliphatic carbocycles. The van der Waals surface area contributed by atoms with Crippen molar-refractivity contribution in [2.75, 3.05) is 26.2 Å². The van der Waals surface area contributed by atoms with Gasteiger partial charge in [0.05, 0.1) is 11.4 Å². The Hall–Kier alpha value is -2.03. The molecule has 0 spiro atoms. The largest absolute Gasteiger partial charge is 0.338 e. The van der Waals surface area contributed by atoms with Gasteiger partial charge in [-0.25, -0.2) is 0 Å². The SMILES string of the molecule is CCc1ccc(C(=O)N2CCN(Cc3nc(-c4cc(Br)cs4)no3)CC2)cc1. The summed E-state index contributed by atoms with van der Waals surface area (Å²) in [5.41, 5.74) is 2.00. The Balaban J connectivity index is 1.31. The third kappa shape index (κ3) is 4.34. The Morgan fingerprint density at radius 1 is 1.21 bits per heavy atom. The predicted octanol–water partition coefficient (Wildman–Crippen LogP) is 4.08. The van der Waals surface area contributed by atoms with Crippen molar-refractivity contribution < 1.29 is 9.32 Å². The molecular formula is C20H21BrN4O2S. The van der Waals surface area contributed by atoms with Gasteiger partial charge in [-0.15, -0.1) is 11.3 Å². The van der Waals surface area contributed by atoms with E-state index in [4.69, 9.17) is 4.52 Å². The summed E-state index contributed by atoms with van der Waals surface area (Å²) in [5.74, 6) is 1.33. The lowest BCUT2D eigenvalue weighted by Gasteiger charge is -2.34. The van der Waals surface area contributed by atoms with E-state index >= 15 is 0 Å². The second-order valence-corrected chi connectivity index (χ2v) is 8.59. The highest BCUT2D eigenvalue weighted by Gasteiger charge is 2.23. The summed E-state index contributed by atoms with van der Waals surface area (Å²) in [6.07, 6.45) is 0.980. The molecule has 0 bridgehead atoms. The van der Waals surface area contributed by atoms with E-state index in [0.717, 1.165) is 34.4 Å². The maximum Gasteiger partial charge on any atom is 0.253 e. The smallest absolute Gasteiger partial charge is 0.253 e. The lowest BCUT2D eigenvalue weighted by molar-refractivity contribution is 0.0615. The summed E-state index contributed by atoms with van der Waals surface area (Å²) in [7, 11) is 0.